The lowest BCUT2D eigenvalue weighted by Gasteiger charge is -2.36. The summed E-state index contributed by atoms with van der Waals surface area (Å²) in [6.45, 7) is 12.9. The molecule has 210 valence electrons. The van der Waals surface area contributed by atoms with Gasteiger partial charge in [-0.2, -0.15) is 0 Å². The zero-order chi connectivity index (χ0) is 28.9. The summed E-state index contributed by atoms with van der Waals surface area (Å²) in [4.78, 5) is 31.8. The van der Waals surface area contributed by atoms with Gasteiger partial charge in [-0.15, -0.1) is 0 Å². The van der Waals surface area contributed by atoms with E-state index in [-0.39, 0.29) is 34.5 Å². The molecular weight excluding hydrogens is 524 g/mol. The van der Waals surface area contributed by atoms with Crippen molar-refractivity contribution in [2.24, 2.45) is 0 Å². The Kier molecular flexibility index (Phi) is 7.22. The van der Waals surface area contributed by atoms with Crippen LogP contribution in [0, 0.1) is 27.7 Å². The van der Waals surface area contributed by atoms with E-state index in [9.17, 15) is 18.0 Å². The third-order valence-electron chi connectivity index (χ3n) is 7.94. The number of H-pyrrole nitrogens is 1. The van der Waals surface area contributed by atoms with Crippen LogP contribution in [0.5, 0.6) is 0 Å². The molecule has 0 spiro atoms. The van der Waals surface area contributed by atoms with Crippen LogP contribution in [0.25, 0.3) is 11.6 Å². The average molecular weight is 561 g/mol. The first-order valence-corrected chi connectivity index (χ1v) is 15.2. The van der Waals surface area contributed by atoms with E-state index >= 15 is 0 Å². The number of hydrogen-bond donors (Lipinski definition) is 3. The molecule has 1 fully saturated rings. The van der Waals surface area contributed by atoms with Gasteiger partial charge in [0.2, 0.25) is 0 Å². The SMILES string of the molecule is Cc1cccc(C)c1CS(=O)(=O)c1ccc2c(c1)C(=Cc1[nH]c(C)c(C(=O)N3C[C@@H](C)N[C@@H](C)C3)c1C)C(=O)N2. The lowest BCUT2D eigenvalue weighted by atomic mass is 10.0. The van der Waals surface area contributed by atoms with Crippen LogP contribution in [0.15, 0.2) is 41.3 Å². The predicted molar refractivity (Wildman–Crippen MR) is 158 cm³/mol. The summed E-state index contributed by atoms with van der Waals surface area (Å²) < 4.78 is 26.9. The molecule has 2 aliphatic rings. The van der Waals surface area contributed by atoms with E-state index in [0.29, 0.717) is 41.2 Å². The number of piperazine rings is 1. The lowest BCUT2D eigenvalue weighted by Crippen LogP contribution is -2.55. The Bertz CT molecular complexity index is 1640. The third kappa shape index (κ3) is 5.11. The maximum Gasteiger partial charge on any atom is 0.256 e. The number of sulfone groups is 1. The molecule has 40 heavy (non-hydrogen) atoms. The molecule has 0 aliphatic carbocycles. The monoisotopic (exact) mass is 560 g/mol. The van der Waals surface area contributed by atoms with Gasteiger partial charge >= 0.3 is 0 Å². The van der Waals surface area contributed by atoms with Crippen molar-refractivity contribution in [1.29, 1.82) is 0 Å². The molecule has 2 atom stereocenters. The van der Waals surface area contributed by atoms with Gasteiger partial charge in [0, 0.05) is 47.8 Å². The minimum absolute atomic E-state index is 0.0350. The number of nitrogens with one attached hydrogen (secondary N) is 3. The van der Waals surface area contributed by atoms with Crippen molar-refractivity contribution in [1.82, 2.24) is 15.2 Å². The molecule has 1 saturated heterocycles. The van der Waals surface area contributed by atoms with Crippen LogP contribution in [0.3, 0.4) is 0 Å². The molecular formula is C31H36N4O4S. The van der Waals surface area contributed by atoms with Crippen molar-refractivity contribution in [3.8, 4) is 0 Å². The largest absolute Gasteiger partial charge is 0.358 e. The first-order valence-electron chi connectivity index (χ1n) is 13.6. The van der Waals surface area contributed by atoms with Crippen LogP contribution in [0.4, 0.5) is 5.69 Å². The number of aromatic amines is 1. The average Bonchev–Trinajstić information content (AvgIpc) is 3.34. The van der Waals surface area contributed by atoms with E-state index in [1.165, 1.54) is 0 Å². The molecule has 8 nitrogen and oxygen atoms in total. The zero-order valence-electron chi connectivity index (χ0n) is 23.8. The number of carbonyl (C=O) groups is 2. The van der Waals surface area contributed by atoms with Gasteiger partial charge in [0.05, 0.1) is 21.8 Å². The number of nitrogens with zero attached hydrogens (tertiary/aromatic N) is 1. The fourth-order valence-corrected chi connectivity index (χ4v) is 7.46. The summed E-state index contributed by atoms with van der Waals surface area (Å²) in [6, 6.07) is 10.9. The van der Waals surface area contributed by atoms with E-state index in [1.54, 1.807) is 24.3 Å². The van der Waals surface area contributed by atoms with Crippen LogP contribution in [0.2, 0.25) is 0 Å². The Labute approximate surface area is 235 Å². The summed E-state index contributed by atoms with van der Waals surface area (Å²) in [5.41, 5.74) is 6.83. The topological polar surface area (TPSA) is 111 Å². The van der Waals surface area contributed by atoms with Crippen LogP contribution in [-0.2, 0) is 20.4 Å². The second kappa shape index (κ2) is 10.4. The number of amides is 2. The number of aromatic nitrogens is 1. The van der Waals surface area contributed by atoms with E-state index < -0.39 is 9.84 Å². The maximum absolute atomic E-state index is 13.5. The molecule has 0 radical (unpaired) electrons. The standard InChI is InChI=1S/C31H36N4O4S/c1-17-8-7-9-18(2)26(17)16-40(38,39)23-10-11-27-24(12-23)25(30(36)34-27)13-28-21(5)29(22(6)33-28)31(37)35-14-19(3)32-20(4)15-35/h7-13,19-20,32-33H,14-16H2,1-6H3,(H,34,36)/t19-,20+. The van der Waals surface area contributed by atoms with Gasteiger partial charge in [-0.05, 0) is 88.1 Å². The van der Waals surface area contributed by atoms with Crippen LogP contribution >= 0.6 is 0 Å². The first-order chi connectivity index (χ1) is 18.9. The van der Waals surface area contributed by atoms with Gasteiger partial charge in [0.15, 0.2) is 9.84 Å². The number of benzene rings is 2. The summed E-state index contributed by atoms with van der Waals surface area (Å²) in [5.74, 6) is -0.468. The molecule has 3 aromatic rings. The normalized spacial score (nSPS) is 20.1. The van der Waals surface area contributed by atoms with Crippen molar-refractivity contribution in [3.05, 3.63) is 81.2 Å². The van der Waals surface area contributed by atoms with Crippen molar-refractivity contribution in [2.45, 2.75) is 64.3 Å². The highest BCUT2D eigenvalue weighted by Gasteiger charge is 2.31. The van der Waals surface area contributed by atoms with Gasteiger partial charge in [-0.1, -0.05) is 18.2 Å². The highest BCUT2D eigenvalue weighted by atomic mass is 32.2. The Morgan fingerprint density at radius 3 is 2.33 bits per heavy atom. The number of carbonyl (C=O) groups excluding carboxylic acids is 2. The Morgan fingerprint density at radius 1 is 1.02 bits per heavy atom. The van der Waals surface area contributed by atoms with Crippen molar-refractivity contribution < 1.29 is 18.0 Å². The highest BCUT2D eigenvalue weighted by Crippen LogP contribution is 2.36. The van der Waals surface area contributed by atoms with Crippen molar-refractivity contribution >= 4 is 39.0 Å². The van der Waals surface area contributed by atoms with Gasteiger partial charge in [0.25, 0.3) is 11.8 Å². The number of anilines is 1. The molecule has 2 aromatic carbocycles. The molecule has 3 N–H and O–H groups in total. The van der Waals surface area contributed by atoms with Crippen molar-refractivity contribution in [3.63, 3.8) is 0 Å². The molecule has 0 bridgehead atoms. The molecule has 9 heteroatoms. The molecule has 0 unspecified atom stereocenters. The van der Waals surface area contributed by atoms with E-state index in [2.05, 4.69) is 29.5 Å². The van der Waals surface area contributed by atoms with Gasteiger partial charge in [-0.3, -0.25) is 9.59 Å². The zero-order valence-corrected chi connectivity index (χ0v) is 24.6. The smallest absolute Gasteiger partial charge is 0.256 e. The Hall–Kier alpha value is -3.69. The van der Waals surface area contributed by atoms with E-state index in [0.717, 1.165) is 27.9 Å². The van der Waals surface area contributed by atoms with E-state index in [4.69, 9.17) is 0 Å². The maximum atomic E-state index is 13.5. The summed E-state index contributed by atoms with van der Waals surface area (Å²) >= 11 is 0. The van der Waals surface area contributed by atoms with Gasteiger partial charge in [0.1, 0.15) is 0 Å². The quantitative estimate of drug-likeness (QED) is 0.397. The van der Waals surface area contributed by atoms with Crippen LogP contribution in [0.1, 0.15) is 63.4 Å². The minimum atomic E-state index is -3.67. The summed E-state index contributed by atoms with van der Waals surface area (Å²) in [7, 11) is -3.67. The van der Waals surface area contributed by atoms with Crippen molar-refractivity contribution in [2.75, 3.05) is 18.4 Å². The first kappa shape index (κ1) is 27.9. The molecule has 2 amide bonds. The predicted octanol–water partition coefficient (Wildman–Crippen LogP) is 4.54. The molecule has 0 saturated carbocycles. The van der Waals surface area contributed by atoms with Crippen LogP contribution < -0.4 is 10.6 Å². The molecule has 1 aromatic heterocycles. The summed E-state index contributed by atoms with van der Waals surface area (Å²) in [6.07, 6.45) is 1.71. The molecule has 5 rings (SSSR count). The number of rotatable bonds is 5. The fraction of sp³-hybridized carbons (Fsp3) is 0.355. The fourth-order valence-electron chi connectivity index (χ4n) is 5.89. The Balaban J connectivity index is 1.49. The third-order valence-corrected chi connectivity index (χ3v) is 9.58. The second-order valence-corrected chi connectivity index (χ2v) is 13.2. The number of aryl methyl sites for hydroxylation is 3. The number of hydrogen-bond acceptors (Lipinski definition) is 5. The van der Waals surface area contributed by atoms with E-state index in [1.807, 2.05) is 50.8 Å². The van der Waals surface area contributed by atoms with Crippen LogP contribution in [-0.4, -0.2) is 55.3 Å². The lowest BCUT2D eigenvalue weighted by molar-refractivity contribution is -0.110. The molecule has 2 aliphatic heterocycles. The Morgan fingerprint density at radius 2 is 1.68 bits per heavy atom. The number of fused-ring (bicyclic) bond motifs is 1. The second-order valence-electron chi connectivity index (χ2n) is 11.2. The minimum Gasteiger partial charge on any atom is -0.358 e. The molecule has 3 heterocycles. The van der Waals surface area contributed by atoms with Gasteiger partial charge < -0.3 is 20.5 Å². The van der Waals surface area contributed by atoms with Gasteiger partial charge in [-0.25, -0.2) is 8.42 Å². The summed E-state index contributed by atoms with van der Waals surface area (Å²) in [5, 5.41) is 6.29. The highest BCUT2D eigenvalue weighted by molar-refractivity contribution is 7.90.